The number of amides is 2. The fourth-order valence-corrected chi connectivity index (χ4v) is 5.40. The molecule has 3 aromatic carbocycles. The van der Waals surface area contributed by atoms with Crippen LogP contribution in [0.3, 0.4) is 0 Å². The fraction of sp³-hybridized carbons (Fsp3) is 0.333. The van der Waals surface area contributed by atoms with Crippen molar-refractivity contribution >= 4 is 39.1 Å². The minimum absolute atomic E-state index is 0.0821. The fourth-order valence-electron chi connectivity index (χ4n) is 4.31. The summed E-state index contributed by atoms with van der Waals surface area (Å²) in [5, 5.41) is 3.47. The zero-order valence-corrected chi connectivity index (χ0v) is 24.0. The van der Waals surface area contributed by atoms with Crippen LogP contribution in [-0.2, 0) is 32.6 Å². The van der Waals surface area contributed by atoms with E-state index in [4.69, 9.17) is 11.6 Å². The van der Waals surface area contributed by atoms with E-state index in [0.29, 0.717) is 23.7 Å². The predicted molar refractivity (Wildman–Crippen MR) is 157 cm³/mol. The summed E-state index contributed by atoms with van der Waals surface area (Å²) in [4.78, 5) is 28.7. The Labute approximate surface area is 236 Å². The van der Waals surface area contributed by atoms with Crippen molar-refractivity contribution in [3.8, 4) is 0 Å². The number of sulfonamides is 1. The highest BCUT2D eigenvalue weighted by Gasteiger charge is 2.30. The van der Waals surface area contributed by atoms with Crippen molar-refractivity contribution in [2.24, 2.45) is 0 Å². The van der Waals surface area contributed by atoms with Gasteiger partial charge < -0.3 is 10.2 Å². The van der Waals surface area contributed by atoms with Crippen LogP contribution in [0.4, 0.5) is 5.69 Å². The largest absolute Gasteiger partial charge is 0.354 e. The Morgan fingerprint density at radius 1 is 0.897 bits per heavy atom. The number of benzene rings is 3. The molecule has 208 valence electrons. The summed E-state index contributed by atoms with van der Waals surface area (Å²) in [6.07, 6.45) is 2.66. The van der Waals surface area contributed by atoms with Gasteiger partial charge in [-0.2, -0.15) is 0 Å². The number of hydrogen-bond acceptors (Lipinski definition) is 4. The minimum Gasteiger partial charge on any atom is -0.354 e. The maximum absolute atomic E-state index is 13.7. The quantitative estimate of drug-likeness (QED) is 0.294. The summed E-state index contributed by atoms with van der Waals surface area (Å²) in [5.41, 5.74) is 2.34. The molecule has 2 amide bonds. The maximum Gasteiger partial charge on any atom is 0.243 e. The van der Waals surface area contributed by atoms with E-state index in [1.54, 1.807) is 29.2 Å². The van der Waals surface area contributed by atoms with Crippen molar-refractivity contribution in [3.63, 3.8) is 0 Å². The van der Waals surface area contributed by atoms with E-state index in [1.807, 2.05) is 67.6 Å². The van der Waals surface area contributed by atoms with Crippen LogP contribution >= 0.6 is 11.6 Å². The minimum atomic E-state index is -3.58. The highest BCUT2D eigenvalue weighted by Crippen LogP contribution is 2.22. The molecule has 0 aliphatic rings. The van der Waals surface area contributed by atoms with Crippen molar-refractivity contribution in [2.75, 3.05) is 23.7 Å². The van der Waals surface area contributed by atoms with Crippen LogP contribution < -0.4 is 9.62 Å². The molecule has 0 spiro atoms. The Kier molecular flexibility index (Phi) is 11.4. The molecule has 7 nitrogen and oxygen atoms in total. The average molecular weight is 570 g/mol. The normalized spacial score (nSPS) is 12.0. The lowest BCUT2D eigenvalue weighted by Crippen LogP contribution is -2.50. The standard InChI is InChI=1S/C30H36ClN3O4S/c1-3-20-32-30(36)28(22-24-11-6-4-7-12-24)33(23-25-13-8-5-9-14-25)29(35)15-10-21-34(39(2,37)38)27-18-16-26(31)17-19-27/h4-9,11-14,16-19,28H,3,10,15,20-23H2,1-2H3,(H,32,36). The number of carbonyl (C=O) groups excluding carboxylic acids is 2. The Bertz CT molecular complexity index is 1300. The second kappa shape index (κ2) is 14.7. The van der Waals surface area contributed by atoms with E-state index < -0.39 is 16.1 Å². The van der Waals surface area contributed by atoms with Gasteiger partial charge in [-0.15, -0.1) is 0 Å². The Balaban J connectivity index is 1.84. The van der Waals surface area contributed by atoms with E-state index in [0.717, 1.165) is 23.8 Å². The molecular formula is C30H36ClN3O4S. The number of anilines is 1. The second-order valence-corrected chi connectivity index (χ2v) is 11.8. The van der Waals surface area contributed by atoms with Gasteiger partial charge in [0.25, 0.3) is 0 Å². The molecule has 0 fully saturated rings. The number of carbonyl (C=O) groups is 2. The molecule has 0 radical (unpaired) electrons. The first-order valence-electron chi connectivity index (χ1n) is 13.1. The van der Waals surface area contributed by atoms with Crippen LogP contribution in [0.25, 0.3) is 0 Å². The lowest BCUT2D eigenvalue weighted by atomic mass is 10.0. The molecule has 9 heteroatoms. The first kappa shape index (κ1) is 30.2. The van der Waals surface area contributed by atoms with E-state index in [9.17, 15) is 18.0 Å². The van der Waals surface area contributed by atoms with Gasteiger partial charge in [-0.25, -0.2) is 8.42 Å². The highest BCUT2D eigenvalue weighted by molar-refractivity contribution is 7.92. The van der Waals surface area contributed by atoms with Gasteiger partial charge in [0, 0.05) is 37.5 Å². The van der Waals surface area contributed by atoms with Gasteiger partial charge in [0.2, 0.25) is 21.8 Å². The Morgan fingerprint density at radius 3 is 2.05 bits per heavy atom. The number of nitrogens with one attached hydrogen (secondary N) is 1. The molecule has 1 unspecified atom stereocenters. The second-order valence-electron chi connectivity index (χ2n) is 9.42. The third kappa shape index (κ3) is 9.41. The average Bonchev–Trinajstić information content (AvgIpc) is 2.92. The molecule has 0 bridgehead atoms. The van der Waals surface area contributed by atoms with Crippen LogP contribution in [0.5, 0.6) is 0 Å². The van der Waals surface area contributed by atoms with E-state index in [2.05, 4.69) is 5.32 Å². The summed E-state index contributed by atoms with van der Waals surface area (Å²) in [7, 11) is -3.58. The van der Waals surface area contributed by atoms with Crippen LogP contribution in [0.1, 0.15) is 37.3 Å². The van der Waals surface area contributed by atoms with Gasteiger partial charge in [0.15, 0.2) is 0 Å². The lowest BCUT2D eigenvalue weighted by molar-refractivity contribution is -0.141. The molecule has 0 saturated heterocycles. The molecule has 3 rings (SSSR count). The summed E-state index contributed by atoms with van der Waals surface area (Å²) >= 11 is 5.97. The molecule has 3 aromatic rings. The molecular weight excluding hydrogens is 534 g/mol. The van der Waals surface area contributed by atoms with Crippen molar-refractivity contribution in [1.82, 2.24) is 10.2 Å². The van der Waals surface area contributed by atoms with Gasteiger partial charge in [0.05, 0.1) is 11.9 Å². The van der Waals surface area contributed by atoms with Crippen LogP contribution in [0, 0.1) is 0 Å². The van der Waals surface area contributed by atoms with E-state index >= 15 is 0 Å². The Morgan fingerprint density at radius 2 is 1.49 bits per heavy atom. The third-order valence-corrected chi connectivity index (χ3v) is 7.73. The van der Waals surface area contributed by atoms with Crippen LogP contribution in [0.2, 0.25) is 5.02 Å². The number of halogens is 1. The Hall–Kier alpha value is -3.36. The van der Waals surface area contributed by atoms with Crippen molar-refractivity contribution in [1.29, 1.82) is 0 Å². The van der Waals surface area contributed by atoms with E-state index in [-0.39, 0.29) is 37.7 Å². The highest BCUT2D eigenvalue weighted by atomic mass is 35.5. The number of rotatable bonds is 14. The lowest BCUT2D eigenvalue weighted by Gasteiger charge is -2.32. The maximum atomic E-state index is 13.7. The molecule has 0 saturated carbocycles. The van der Waals surface area contributed by atoms with Crippen molar-refractivity contribution in [2.45, 2.75) is 45.2 Å². The van der Waals surface area contributed by atoms with Crippen LogP contribution in [0.15, 0.2) is 84.9 Å². The number of hydrogen-bond donors (Lipinski definition) is 1. The molecule has 1 atom stereocenters. The van der Waals surface area contributed by atoms with Gasteiger partial charge in [0.1, 0.15) is 6.04 Å². The van der Waals surface area contributed by atoms with Gasteiger partial charge >= 0.3 is 0 Å². The third-order valence-electron chi connectivity index (χ3n) is 6.28. The van der Waals surface area contributed by atoms with E-state index in [1.165, 1.54) is 4.31 Å². The predicted octanol–water partition coefficient (Wildman–Crippen LogP) is 5.05. The summed E-state index contributed by atoms with van der Waals surface area (Å²) in [5.74, 6) is -0.417. The first-order chi connectivity index (χ1) is 18.7. The molecule has 0 aliphatic heterocycles. The zero-order chi connectivity index (χ0) is 28.3. The van der Waals surface area contributed by atoms with Gasteiger partial charge in [-0.3, -0.25) is 13.9 Å². The van der Waals surface area contributed by atoms with Crippen LogP contribution in [-0.4, -0.2) is 50.5 Å². The summed E-state index contributed by atoms with van der Waals surface area (Å²) in [6, 6.07) is 25.0. The summed E-state index contributed by atoms with van der Waals surface area (Å²) < 4.78 is 26.3. The first-order valence-corrected chi connectivity index (χ1v) is 15.3. The SMILES string of the molecule is CCCNC(=O)C(Cc1ccccc1)N(Cc1ccccc1)C(=O)CCCN(c1ccc(Cl)cc1)S(C)(=O)=O. The molecule has 1 N–H and O–H groups in total. The van der Waals surface area contributed by atoms with Crippen molar-refractivity contribution in [3.05, 3.63) is 101 Å². The van der Waals surface area contributed by atoms with Gasteiger partial charge in [-0.1, -0.05) is 79.2 Å². The number of nitrogens with zero attached hydrogens (tertiary/aromatic N) is 2. The molecule has 0 heterocycles. The topological polar surface area (TPSA) is 86.8 Å². The molecule has 0 aliphatic carbocycles. The summed E-state index contributed by atoms with van der Waals surface area (Å²) in [6.45, 7) is 2.88. The zero-order valence-electron chi connectivity index (χ0n) is 22.4. The smallest absolute Gasteiger partial charge is 0.243 e. The van der Waals surface area contributed by atoms with Gasteiger partial charge in [-0.05, 0) is 48.2 Å². The molecule has 0 aromatic heterocycles. The van der Waals surface area contributed by atoms with Crippen molar-refractivity contribution < 1.29 is 18.0 Å². The molecule has 39 heavy (non-hydrogen) atoms. The monoisotopic (exact) mass is 569 g/mol.